The van der Waals surface area contributed by atoms with Gasteiger partial charge in [-0.1, -0.05) is 19.3 Å². The highest BCUT2D eigenvalue weighted by molar-refractivity contribution is 9.10. The fraction of sp³-hybridized carbons (Fsp3) is 0.733. The van der Waals surface area contributed by atoms with Gasteiger partial charge in [-0.15, -0.1) is 0 Å². The van der Waals surface area contributed by atoms with Crippen LogP contribution in [0.4, 0.5) is 5.95 Å². The zero-order valence-corrected chi connectivity index (χ0v) is 14.8. The molecule has 0 unspecified atom stereocenters. The number of aromatic nitrogens is 2. The van der Waals surface area contributed by atoms with Gasteiger partial charge < -0.3 is 5.32 Å². The van der Waals surface area contributed by atoms with Gasteiger partial charge in [0.05, 0.1) is 4.47 Å². The van der Waals surface area contributed by atoms with Crippen LogP contribution in [0.2, 0.25) is 0 Å². The Kier molecular flexibility index (Phi) is 5.40. The van der Waals surface area contributed by atoms with E-state index in [9.17, 15) is 0 Å². The van der Waals surface area contributed by atoms with Crippen molar-refractivity contribution < 1.29 is 0 Å². The van der Waals surface area contributed by atoms with E-state index in [1.54, 1.807) is 12.4 Å². The summed E-state index contributed by atoms with van der Waals surface area (Å²) < 4.78 is 0.925. The summed E-state index contributed by atoms with van der Waals surface area (Å²) in [6.45, 7) is 3.43. The molecule has 4 nitrogen and oxygen atoms in total. The maximum absolute atomic E-state index is 4.35. The molecule has 21 heavy (non-hydrogen) atoms. The van der Waals surface area contributed by atoms with E-state index in [1.165, 1.54) is 56.7 Å². The van der Waals surface area contributed by atoms with Crippen molar-refractivity contribution in [1.29, 1.82) is 0 Å². The summed E-state index contributed by atoms with van der Waals surface area (Å²) in [5.74, 6) is 3.29. The normalized spacial score (nSPS) is 22.9. The standard InChI is InChI=1S/C15H23BrN4S/c16-13-10-17-14(18-11-13)19-12-15(4-2-1-3-5-15)20-6-8-21-9-7-20/h10-11H,1-9,12H2,(H,17,18,19). The van der Waals surface area contributed by atoms with E-state index in [-0.39, 0.29) is 0 Å². The third-order valence-corrected chi connectivity index (χ3v) is 6.01. The maximum Gasteiger partial charge on any atom is 0.222 e. The molecule has 1 aliphatic heterocycles. The van der Waals surface area contributed by atoms with Crippen molar-refractivity contribution in [2.24, 2.45) is 0 Å². The van der Waals surface area contributed by atoms with Crippen LogP contribution in [0.5, 0.6) is 0 Å². The topological polar surface area (TPSA) is 41.1 Å². The van der Waals surface area contributed by atoms with Gasteiger partial charge >= 0.3 is 0 Å². The molecule has 1 aromatic heterocycles. The van der Waals surface area contributed by atoms with Gasteiger partial charge in [0.25, 0.3) is 0 Å². The monoisotopic (exact) mass is 370 g/mol. The van der Waals surface area contributed by atoms with Crippen LogP contribution in [-0.2, 0) is 0 Å². The van der Waals surface area contributed by atoms with Gasteiger partial charge in [-0.3, -0.25) is 4.90 Å². The van der Waals surface area contributed by atoms with E-state index >= 15 is 0 Å². The number of nitrogens with zero attached hydrogens (tertiary/aromatic N) is 3. The first kappa shape index (κ1) is 15.6. The molecule has 1 saturated heterocycles. The Labute approximate surface area is 139 Å². The Morgan fingerprint density at radius 1 is 1.14 bits per heavy atom. The predicted octanol–water partition coefficient (Wildman–Crippen LogP) is 3.40. The van der Waals surface area contributed by atoms with Crippen molar-refractivity contribution in [3.05, 3.63) is 16.9 Å². The highest BCUT2D eigenvalue weighted by Crippen LogP contribution is 2.35. The maximum atomic E-state index is 4.35. The quantitative estimate of drug-likeness (QED) is 0.879. The molecule has 6 heteroatoms. The van der Waals surface area contributed by atoms with Crippen molar-refractivity contribution in [3.63, 3.8) is 0 Å². The lowest BCUT2D eigenvalue weighted by molar-refractivity contribution is 0.0705. The van der Waals surface area contributed by atoms with Crippen molar-refractivity contribution >= 4 is 33.6 Å². The van der Waals surface area contributed by atoms with Crippen molar-refractivity contribution in [2.45, 2.75) is 37.6 Å². The third kappa shape index (κ3) is 3.90. The van der Waals surface area contributed by atoms with Crippen molar-refractivity contribution in [2.75, 3.05) is 36.5 Å². The summed E-state index contributed by atoms with van der Waals surface area (Å²) in [7, 11) is 0. The minimum absolute atomic E-state index is 0.315. The molecule has 0 spiro atoms. The van der Waals surface area contributed by atoms with Crippen LogP contribution < -0.4 is 5.32 Å². The smallest absolute Gasteiger partial charge is 0.222 e. The van der Waals surface area contributed by atoms with E-state index in [0.29, 0.717) is 5.54 Å². The van der Waals surface area contributed by atoms with Crippen LogP contribution in [0.25, 0.3) is 0 Å². The van der Waals surface area contributed by atoms with Gasteiger partial charge in [0, 0.05) is 49.1 Å². The van der Waals surface area contributed by atoms with Crippen LogP contribution in [0.15, 0.2) is 16.9 Å². The van der Waals surface area contributed by atoms with Gasteiger partial charge in [0.1, 0.15) is 0 Å². The highest BCUT2D eigenvalue weighted by Gasteiger charge is 2.38. The fourth-order valence-corrected chi connectivity index (χ4v) is 4.61. The molecule has 0 bridgehead atoms. The number of nitrogens with one attached hydrogen (secondary N) is 1. The fourth-order valence-electron chi connectivity index (χ4n) is 3.50. The molecule has 2 fully saturated rings. The van der Waals surface area contributed by atoms with Crippen molar-refractivity contribution in [3.8, 4) is 0 Å². The minimum atomic E-state index is 0.315. The molecule has 2 heterocycles. The minimum Gasteiger partial charge on any atom is -0.352 e. The average molecular weight is 371 g/mol. The molecule has 2 aliphatic rings. The Bertz CT molecular complexity index is 441. The lowest BCUT2D eigenvalue weighted by Crippen LogP contribution is -2.57. The zero-order valence-electron chi connectivity index (χ0n) is 12.4. The van der Waals surface area contributed by atoms with Gasteiger partial charge in [-0.2, -0.15) is 11.8 Å². The Hall–Kier alpha value is -0.330. The summed E-state index contributed by atoms with van der Waals surface area (Å²) >= 11 is 5.47. The van der Waals surface area contributed by atoms with E-state index in [4.69, 9.17) is 0 Å². The largest absolute Gasteiger partial charge is 0.352 e. The molecule has 0 atom stereocenters. The molecule has 0 aromatic carbocycles. The summed E-state index contributed by atoms with van der Waals surface area (Å²) in [5.41, 5.74) is 0.315. The van der Waals surface area contributed by atoms with Gasteiger partial charge in [0.2, 0.25) is 5.95 Å². The first-order valence-electron chi connectivity index (χ1n) is 7.83. The number of halogens is 1. The summed E-state index contributed by atoms with van der Waals surface area (Å²) in [4.78, 5) is 11.4. The Balaban J connectivity index is 1.68. The summed E-state index contributed by atoms with van der Waals surface area (Å²) in [5, 5.41) is 3.49. The Morgan fingerprint density at radius 2 is 1.81 bits per heavy atom. The number of anilines is 1. The number of hydrogen-bond donors (Lipinski definition) is 1. The van der Waals surface area contributed by atoms with Crippen LogP contribution in [-0.4, -0.2) is 51.5 Å². The molecule has 1 aliphatic carbocycles. The second-order valence-electron chi connectivity index (χ2n) is 5.96. The van der Waals surface area contributed by atoms with Gasteiger partial charge in [-0.25, -0.2) is 9.97 Å². The van der Waals surface area contributed by atoms with Crippen LogP contribution in [0.3, 0.4) is 0 Å². The number of thioether (sulfide) groups is 1. The Morgan fingerprint density at radius 3 is 2.48 bits per heavy atom. The van der Waals surface area contributed by atoms with Crippen LogP contribution >= 0.6 is 27.7 Å². The molecule has 116 valence electrons. The lowest BCUT2D eigenvalue weighted by atomic mass is 9.80. The molecule has 0 radical (unpaired) electrons. The zero-order chi connectivity index (χ0) is 14.5. The second kappa shape index (κ2) is 7.29. The average Bonchev–Trinajstić information content (AvgIpc) is 2.56. The molecule has 0 amide bonds. The molecular weight excluding hydrogens is 348 g/mol. The van der Waals surface area contributed by atoms with E-state index in [0.717, 1.165) is 17.0 Å². The second-order valence-corrected chi connectivity index (χ2v) is 8.10. The van der Waals surface area contributed by atoms with Crippen molar-refractivity contribution in [1.82, 2.24) is 14.9 Å². The first-order chi connectivity index (χ1) is 10.3. The van der Waals surface area contributed by atoms with E-state index < -0.39 is 0 Å². The van der Waals surface area contributed by atoms with E-state index in [2.05, 4.69) is 47.9 Å². The molecule has 1 aromatic rings. The predicted molar refractivity (Wildman–Crippen MR) is 92.9 cm³/mol. The molecular formula is C15H23BrN4S. The summed E-state index contributed by atoms with van der Waals surface area (Å²) in [6.07, 6.45) is 10.3. The van der Waals surface area contributed by atoms with Crippen LogP contribution in [0.1, 0.15) is 32.1 Å². The lowest BCUT2D eigenvalue weighted by Gasteiger charge is -2.48. The van der Waals surface area contributed by atoms with Crippen LogP contribution in [0, 0.1) is 0 Å². The molecule has 1 saturated carbocycles. The SMILES string of the molecule is Brc1cnc(NCC2(N3CCSCC3)CCCCC2)nc1. The molecule has 1 N–H and O–H groups in total. The van der Waals surface area contributed by atoms with E-state index in [1.807, 2.05) is 0 Å². The van der Waals surface area contributed by atoms with Gasteiger partial charge in [0.15, 0.2) is 0 Å². The third-order valence-electron chi connectivity index (χ3n) is 4.66. The number of rotatable bonds is 4. The summed E-state index contributed by atoms with van der Waals surface area (Å²) in [6, 6.07) is 0. The first-order valence-corrected chi connectivity index (χ1v) is 9.78. The highest BCUT2D eigenvalue weighted by atomic mass is 79.9. The number of hydrogen-bond acceptors (Lipinski definition) is 5. The molecule has 3 rings (SSSR count). The van der Waals surface area contributed by atoms with Gasteiger partial charge in [-0.05, 0) is 28.8 Å².